The summed E-state index contributed by atoms with van der Waals surface area (Å²) in [5.74, 6) is 0.103. The Morgan fingerprint density at radius 2 is 2.11 bits per heavy atom. The Labute approximate surface area is 121 Å². The monoisotopic (exact) mass is 309 g/mol. The first-order valence-corrected chi connectivity index (χ1v) is 6.68. The molecular weight excluding hydrogens is 296 g/mol. The molecule has 0 saturated heterocycles. The van der Waals surface area contributed by atoms with Gasteiger partial charge in [0.15, 0.2) is 0 Å². The van der Waals surface area contributed by atoms with Crippen LogP contribution in [0.2, 0.25) is 10.0 Å². The number of alkyl halides is 1. The summed E-state index contributed by atoms with van der Waals surface area (Å²) in [7, 11) is 1.60. The summed E-state index contributed by atoms with van der Waals surface area (Å²) in [6.45, 7) is 0.541. The number of carbonyl (C=O) groups is 1. The summed E-state index contributed by atoms with van der Waals surface area (Å²) in [5.41, 5.74) is 0.455. The van der Waals surface area contributed by atoms with E-state index in [9.17, 15) is 4.79 Å². The molecule has 0 aliphatic carbocycles. The smallest absolute Gasteiger partial charge is 0.251 e. The number of amides is 1. The van der Waals surface area contributed by atoms with Gasteiger partial charge < -0.3 is 10.1 Å². The van der Waals surface area contributed by atoms with Crippen LogP contribution in [0, 0.1) is 0 Å². The molecule has 1 N–H and O–H groups in total. The zero-order chi connectivity index (χ0) is 13.5. The van der Waals surface area contributed by atoms with E-state index >= 15 is 0 Å². The Hall–Kier alpha value is -0.480. The lowest BCUT2D eigenvalue weighted by atomic mass is 10.2. The van der Waals surface area contributed by atoms with E-state index in [0.717, 1.165) is 0 Å². The fourth-order valence-corrected chi connectivity index (χ4v) is 1.88. The fourth-order valence-electron chi connectivity index (χ4n) is 1.35. The standard InChI is InChI=1S/C12H14Cl3NO2/c1-18-5-4-9(7-13)16-12(17)8-2-3-10(14)11(15)6-8/h2-3,6,9H,4-5,7H2,1H3,(H,16,17). The Balaban J connectivity index is 2.65. The van der Waals surface area contributed by atoms with Gasteiger partial charge in [0.2, 0.25) is 0 Å². The van der Waals surface area contributed by atoms with E-state index in [4.69, 9.17) is 39.5 Å². The average Bonchev–Trinajstić information content (AvgIpc) is 2.37. The van der Waals surface area contributed by atoms with Gasteiger partial charge in [0.25, 0.3) is 5.91 Å². The van der Waals surface area contributed by atoms with Crippen molar-refractivity contribution in [1.82, 2.24) is 5.32 Å². The van der Waals surface area contributed by atoms with Crippen molar-refractivity contribution in [2.24, 2.45) is 0 Å². The predicted molar refractivity (Wildman–Crippen MR) is 74.9 cm³/mol. The third-order valence-corrected chi connectivity index (χ3v) is 3.49. The van der Waals surface area contributed by atoms with Crippen LogP contribution in [0.15, 0.2) is 18.2 Å². The second-order valence-electron chi connectivity index (χ2n) is 3.74. The normalized spacial score (nSPS) is 12.2. The number of ether oxygens (including phenoxy) is 1. The quantitative estimate of drug-likeness (QED) is 0.818. The molecule has 0 spiro atoms. The van der Waals surface area contributed by atoms with Gasteiger partial charge in [0, 0.05) is 31.2 Å². The third-order valence-electron chi connectivity index (χ3n) is 2.37. The van der Waals surface area contributed by atoms with Crippen LogP contribution in [0.4, 0.5) is 0 Å². The highest BCUT2D eigenvalue weighted by Gasteiger charge is 2.13. The summed E-state index contributed by atoms with van der Waals surface area (Å²) >= 11 is 17.4. The maximum absolute atomic E-state index is 11.9. The molecule has 0 aromatic heterocycles. The molecule has 1 unspecified atom stereocenters. The average molecular weight is 311 g/mol. The largest absolute Gasteiger partial charge is 0.385 e. The first kappa shape index (κ1) is 15.6. The van der Waals surface area contributed by atoms with Crippen molar-refractivity contribution in [2.45, 2.75) is 12.5 Å². The molecule has 1 rings (SSSR count). The molecule has 0 bridgehead atoms. The summed E-state index contributed by atoms with van der Waals surface area (Å²) in [6, 6.07) is 4.60. The zero-order valence-electron chi connectivity index (χ0n) is 9.88. The minimum absolute atomic E-state index is 0.131. The van der Waals surface area contributed by atoms with Crippen LogP contribution in [0.3, 0.4) is 0 Å². The summed E-state index contributed by atoms with van der Waals surface area (Å²) < 4.78 is 4.95. The van der Waals surface area contributed by atoms with Gasteiger partial charge >= 0.3 is 0 Å². The molecule has 1 aromatic carbocycles. The van der Waals surface area contributed by atoms with Crippen molar-refractivity contribution in [1.29, 1.82) is 0 Å². The number of hydrogen-bond donors (Lipinski definition) is 1. The Bertz CT molecular complexity index is 412. The number of methoxy groups -OCH3 is 1. The molecule has 1 atom stereocenters. The van der Waals surface area contributed by atoms with E-state index in [-0.39, 0.29) is 11.9 Å². The maximum Gasteiger partial charge on any atom is 0.251 e. The van der Waals surface area contributed by atoms with E-state index in [2.05, 4.69) is 5.32 Å². The number of benzene rings is 1. The highest BCUT2D eigenvalue weighted by Crippen LogP contribution is 2.22. The fraction of sp³-hybridized carbons (Fsp3) is 0.417. The molecule has 0 saturated carbocycles. The van der Waals surface area contributed by atoms with Crippen molar-refractivity contribution in [3.8, 4) is 0 Å². The molecule has 0 aliphatic heterocycles. The van der Waals surface area contributed by atoms with E-state index in [1.807, 2.05) is 0 Å². The lowest BCUT2D eigenvalue weighted by Crippen LogP contribution is -2.37. The maximum atomic E-state index is 11.9. The van der Waals surface area contributed by atoms with Crippen LogP contribution in [0.1, 0.15) is 16.8 Å². The van der Waals surface area contributed by atoms with E-state index in [1.165, 1.54) is 6.07 Å². The zero-order valence-corrected chi connectivity index (χ0v) is 12.1. The number of nitrogens with one attached hydrogen (secondary N) is 1. The van der Waals surface area contributed by atoms with Crippen molar-refractivity contribution < 1.29 is 9.53 Å². The van der Waals surface area contributed by atoms with E-state index in [1.54, 1.807) is 19.2 Å². The van der Waals surface area contributed by atoms with E-state index < -0.39 is 0 Å². The highest BCUT2D eigenvalue weighted by atomic mass is 35.5. The van der Waals surface area contributed by atoms with Gasteiger partial charge in [0.1, 0.15) is 0 Å². The van der Waals surface area contributed by atoms with E-state index in [0.29, 0.717) is 34.5 Å². The van der Waals surface area contributed by atoms with Crippen LogP contribution < -0.4 is 5.32 Å². The molecule has 100 valence electrons. The highest BCUT2D eigenvalue weighted by molar-refractivity contribution is 6.42. The van der Waals surface area contributed by atoms with Crippen molar-refractivity contribution in [3.63, 3.8) is 0 Å². The second kappa shape index (κ2) is 7.85. The van der Waals surface area contributed by atoms with Crippen LogP contribution >= 0.6 is 34.8 Å². The first-order valence-electron chi connectivity index (χ1n) is 5.39. The van der Waals surface area contributed by atoms with Gasteiger partial charge in [-0.1, -0.05) is 23.2 Å². The Kier molecular flexibility index (Phi) is 6.79. The van der Waals surface area contributed by atoms with Gasteiger partial charge in [-0.05, 0) is 24.6 Å². The molecule has 0 aliphatic rings. The SMILES string of the molecule is COCCC(CCl)NC(=O)c1ccc(Cl)c(Cl)c1. The van der Waals surface area contributed by atoms with Crippen LogP contribution in [-0.2, 0) is 4.74 Å². The number of carbonyl (C=O) groups excluding carboxylic acids is 1. The number of hydrogen-bond acceptors (Lipinski definition) is 2. The van der Waals surface area contributed by atoms with Crippen molar-refractivity contribution in [2.75, 3.05) is 19.6 Å². The minimum atomic E-state index is -0.227. The Morgan fingerprint density at radius 1 is 1.39 bits per heavy atom. The summed E-state index contributed by atoms with van der Waals surface area (Å²) in [6.07, 6.45) is 0.660. The van der Waals surface area contributed by atoms with Gasteiger partial charge in [-0.15, -0.1) is 11.6 Å². The molecule has 1 aromatic rings. The van der Waals surface area contributed by atoms with Gasteiger partial charge in [0.05, 0.1) is 10.0 Å². The molecule has 0 radical (unpaired) electrons. The van der Waals surface area contributed by atoms with Crippen molar-refractivity contribution >= 4 is 40.7 Å². The summed E-state index contributed by atoms with van der Waals surface area (Å²) in [4.78, 5) is 11.9. The predicted octanol–water partition coefficient (Wildman–Crippen LogP) is 3.37. The van der Waals surface area contributed by atoms with Crippen LogP contribution in [0.5, 0.6) is 0 Å². The molecule has 18 heavy (non-hydrogen) atoms. The molecular formula is C12H14Cl3NO2. The molecule has 0 heterocycles. The molecule has 0 fully saturated rings. The van der Waals surface area contributed by atoms with Crippen LogP contribution in [0.25, 0.3) is 0 Å². The minimum Gasteiger partial charge on any atom is -0.385 e. The van der Waals surface area contributed by atoms with Gasteiger partial charge in [-0.2, -0.15) is 0 Å². The van der Waals surface area contributed by atoms with Crippen LogP contribution in [-0.4, -0.2) is 31.5 Å². The topological polar surface area (TPSA) is 38.3 Å². The lowest BCUT2D eigenvalue weighted by molar-refractivity contribution is 0.0930. The molecule has 1 amide bonds. The lowest BCUT2D eigenvalue weighted by Gasteiger charge is -2.15. The van der Waals surface area contributed by atoms with Gasteiger partial charge in [-0.3, -0.25) is 4.79 Å². The van der Waals surface area contributed by atoms with Crippen molar-refractivity contribution in [3.05, 3.63) is 33.8 Å². The number of rotatable bonds is 6. The van der Waals surface area contributed by atoms with Gasteiger partial charge in [-0.25, -0.2) is 0 Å². The summed E-state index contributed by atoms with van der Waals surface area (Å²) in [5, 5.41) is 3.58. The number of halogens is 3. The second-order valence-corrected chi connectivity index (χ2v) is 4.86. The third kappa shape index (κ3) is 4.65. The Morgan fingerprint density at radius 3 is 2.67 bits per heavy atom. The molecule has 3 nitrogen and oxygen atoms in total. The first-order chi connectivity index (χ1) is 8.58. The molecule has 6 heteroatoms.